The Balaban J connectivity index is 2.33. The molecule has 2 heterocycles. The van der Waals surface area contributed by atoms with Crippen LogP contribution in [0.15, 0.2) is 23.3 Å². The predicted octanol–water partition coefficient (Wildman–Crippen LogP) is 1.20. The molecule has 1 aromatic rings. The van der Waals surface area contributed by atoms with Crippen molar-refractivity contribution < 1.29 is 9.53 Å². The Morgan fingerprint density at radius 1 is 1.47 bits per heavy atom. The van der Waals surface area contributed by atoms with E-state index in [4.69, 9.17) is 4.74 Å². The molecule has 0 aromatic carbocycles. The van der Waals surface area contributed by atoms with Gasteiger partial charge in [-0.15, -0.1) is 0 Å². The molecule has 0 radical (unpaired) electrons. The van der Waals surface area contributed by atoms with Crippen LogP contribution in [0.1, 0.15) is 13.3 Å². The highest BCUT2D eigenvalue weighted by Gasteiger charge is 2.23. The summed E-state index contributed by atoms with van der Waals surface area (Å²) in [5, 5.41) is 5.40. The molecule has 0 bridgehead atoms. The maximum absolute atomic E-state index is 11.5. The van der Waals surface area contributed by atoms with Crippen LogP contribution in [-0.4, -0.2) is 23.7 Å². The summed E-state index contributed by atoms with van der Waals surface area (Å²) >= 11 is 0. The van der Waals surface area contributed by atoms with E-state index in [0.717, 1.165) is 5.71 Å². The van der Waals surface area contributed by atoms with Gasteiger partial charge in [0, 0.05) is 11.8 Å². The largest absolute Gasteiger partial charge is 0.481 e. The summed E-state index contributed by atoms with van der Waals surface area (Å²) in [6, 6.07) is 5.22. The van der Waals surface area contributed by atoms with E-state index in [9.17, 15) is 4.79 Å². The van der Waals surface area contributed by atoms with Crippen molar-refractivity contribution in [3.05, 3.63) is 18.2 Å². The zero-order valence-corrected chi connectivity index (χ0v) is 8.60. The highest BCUT2D eigenvalue weighted by molar-refractivity contribution is 6.11. The van der Waals surface area contributed by atoms with E-state index in [1.807, 2.05) is 6.92 Å². The second kappa shape index (κ2) is 3.68. The number of ether oxygens (including phenoxy) is 1. The van der Waals surface area contributed by atoms with Crippen molar-refractivity contribution in [1.82, 2.24) is 4.98 Å². The maximum Gasteiger partial charge on any atom is 0.254 e. The van der Waals surface area contributed by atoms with Gasteiger partial charge in [-0.2, -0.15) is 15.1 Å². The number of anilines is 1. The summed E-state index contributed by atoms with van der Waals surface area (Å²) in [6.07, 6.45) is 0.360. The van der Waals surface area contributed by atoms with Crippen molar-refractivity contribution >= 4 is 17.4 Å². The Morgan fingerprint density at radius 3 is 2.87 bits per heavy atom. The van der Waals surface area contributed by atoms with Crippen molar-refractivity contribution in [1.29, 1.82) is 0 Å². The fourth-order valence-electron chi connectivity index (χ4n) is 1.37. The lowest BCUT2D eigenvalue weighted by atomic mass is 10.3. The number of hydrogen-bond acceptors (Lipinski definition) is 4. The van der Waals surface area contributed by atoms with E-state index in [1.165, 1.54) is 12.1 Å². The fourth-order valence-corrected chi connectivity index (χ4v) is 1.37. The molecule has 1 amide bonds. The van der Waals surface area contributed by atoms with Crippen molar-refractivity contribution in [2.24, 2.45) is 5.10 Å². The van der Waals surface area contributed by atoms with E-state index in [0.29, 0.717) is 18.1 Å². The molecule has 0 fully saturated rings. The monoisotopic (exact) mass is 205 g/mol. The molecule has 0 N–H and O–H groups in total. The average molecular weight is 205 g/mol. The van der Waals surface area contributed by atoms with Crippen molar-refractivity contribution in [2.45, 2.75) is 13.3 Å². The molecule has 0 unspecified atom stereocenters. The zero-order chi connectivity index (χ0) is 10.8. The minimum atomic E-state index is -0.0618. The first kappa shape index (κ1) is 9.64. The van der Waals surface area contributed by atoms with Crippen LogP contribution in [0.4, 0.5) is 5.82 Å². The molecule has 0 spiro atoms. The van der Waals surface area contributed by atoms with Crippen molar-refractivity contribution in [2.75, 3.05) is 12.1 Å². The van der Waals surface area contributed by atoms with Gasteiger partial charge in [0.2, 0.25) is 5.88 Å². The van der Waals surface area contributed by atoms with Crippen LogP contribution in [-0.2, 0) is 4.79 Å². The van der Waals surface area contributed by atoms with Gasteiger partial charge in [0.25, 0.3) is 5.91 Å². The number of carbonyl (C=O) groups is 1. The van der Waals surface area contributed by atoms with Gasteiger partial charge in [0.1, 0.15) is 0 Å². The topological polar surface area (TPSA) is 54.8 Å². The Kier molecular flexibility index (Phi) is 2.37. The van der Waals surface area contributed by atoms with Crippen LogP contribution in [0, 0.1) is 0 Å². The number of carbonyl (C=O) groups excluding carboxylic acids is 1. The van der Waals surface area contributed by atoms with E-state index in [2.05, 4.69) is 10.1 Å². The number of rotatable bonds is 2. The third kappa shape index (κ3) is 1.81. The van der Waals surface area contributed by atoms with Gasteiger partial charge in [-0.05, 0) is 13.0 Å². The summed E-state index contributed by atoms with van der Waals surface area (Å²) in [4.78, 5) is 15.6. The summed E-state index contributed by atoms with van der Waals surface area (Å²) in [5.41, 5.74) is 0.796. The molecule has 15 heavy (non-hydrogen) atoms. The van der Waals surface area contributed by atoms with Gasteiger partial charge in [-0.25, -0.2) is 0 Å². The van der Waals surface area contributed by atoms with Gasteiger partial charge in [-0.1, -0.05) is 6.07 Å². The number of hydrogen-bond donors (Lipinski definition) is 0. The summed E-state index contributed by atoms with van der Waals surface area (Å²) in [5.74, 6) is 0.907. The molecule has 5 heteroatoms. The summed E-state index contributed by atoms with van der Waals surface area (Å²) in [6.45, 7) is 1.82. The highest BCUT2D eigenvalue weighted by atomic mass is 16.5. The summed E-state index contributed by atoms with van der Waals surface area (Å²) in [7, 11) is 1.53. The first-order valence-corrected chi connectivity index (χ1v) is 4.59. The molecule has 1 aromatic heterocycles. The molecule has 0 aliphatic carbocycles. The standard InChI is InChI=1S/C10H11N3O2/c1-7-6-10(14)13(12-7)8-4-3-5-9(11-8)15-2/h3-5H,6H2,1-2H3. The number of nitrogens with zero attached hydrogens (tertiary/aromatic N) is 3. The molecule has 5 nitrogen and oxygen atoms in total. The van der Waals surface area contributed by atoms with E-state index in [1.54, 1.807) is 18.2 Å². The zero-order valence-electron chi connectivity index (χ0n) is 8.60. The number of methoxy groups -OCH3 is 1. The van der Waals surface area contributed by atoms with E-state index >= 15 is 0 Å². The van der Waals surface area contributed by atoms with E-state index in [-0.39, 0.29) is 5.91 Å². The van der Waals surface area contributed by atoms with Gasteiger partial charge in [0.15, 0.2) is 5.82 Å². The fraction of sp³-hybridized carbons (Fsp3) is 0.300. The lowest BCUT2D eigenvalue weighted by Gasteiger charge is -2.10. The number of aromatic nitrogens is 1. The first-order chi connectivity index (χ1) is 7.20. The Morgan fingerprint density at radius 2 is 2.27 bits per heavy atom. The maximum atomic E-state index is 11.5. The second-order valence-corrected chi connectivity index (χ2v) is 3.26. The molecule has 0 atom stereocenters. The molecular formula is C10H11N3O2. The highest BCUT2D eigenvalue weighted by Crippen LogP contribution is 2.20. The smallest absolute Gasteiger partial charge is 0.254 e. The molecule has 2 rings (SSSR count). The molecule has 78 valence electrons. The van der Waals surface area contributed by atoms with E-state index < -0.39 is 0 Å². The third-order valence-electron chi connectivity index (χ3n) is 2.05. The van der Waals surface area contributed by atoms with Crippen LogP contribution in [0.25, 0.3) is 0 Å². The number of hydrazone groups is 1. The van der Waals surface area contributed by atoms with Crippen molar-refractivity contribution in [3.8, 4) is 5.88 Å². The Labute approximate surface area is 87.4 Å². The van der Waals surface area contributed by atoms with Crippen LogP contribution in [0.5, 0.6) is 5.88 Å². The van der Waals surface area contributed by atoms with Crippen LogP contribution in [0.3, 0.4) is 0 Å². The normalized spacial score (nSPS) is 15.5. The second-order valence-electron chi connectivity index (χ2n) is 3.26. The predicted molar refractivity (Wildman–Crippen MR) is 56.0 cm³/mol. The quantitative estimate of drug-likeness (QED) is 0.729. The Hall–Kier alpha value is -1.91. The van der Waals surface area contributed by atoms with Gasteiger partial charge in [-0.3, -0.25) is 4.79 Å². The van der Waals surface area contributed by atoms with Crippen molar-refractivity contribution in [3.63, 3.8) is 0 Å². The number of amides is 1. The molecule has 1 aliphatic rings. The molecule has 0 saturated heterocycles. The first-order valence-electron chi connectivity index (χ1n) is 4.59. The van der Waals surface area contributed by atoms with Gasteiger partial charge < -0.3 is 4.74 Å². The van der Waals surface area contributed by atoms with Gasteiger partial charge >= 0.3 is 0 Å². The van der Waals surface area contributed by atoms with Gasteiger partial charge in [0.05, 0.1) is 13.5 Å². The van der Waals surface area contributed by atoms with Crippen LogP contribution in [0.2, 0.25) is 0 Å². The van der Waals surface area contributed by atoms with Crippen LogP contribution < -0.4 is 9.75 Å². The SMILES string of the molecule is COc1cccc(N2N=C(C)CC2=O)n1. The average Bonchev–Trinajstić information content (AvgIpc) is 2.58. The minimum absolute atomic E-state index is 0.0618. The Bertz CT molecular complexity index is 428. The lowest BCUT2D eigenvalue weighted by Crippen LogP contribution is -2.20. The molecule has 0 saturated carbocycles. The molecular weight excluding hydrogens is 194 g/mol. The van der Waals surface area contributed by atoms with Crippen LogP contribution >= 0.6 is 0 Å². The summed E-state index contributed by atoms with van der Waals surface area (Å²) < 4.78 is 4.98. The third-order valence-corrected chi connectivity index (χ3v) is 2.05. The number of pyridine rings is 1. The lowest BCUT2D eigenvalue weighted by molar-refractivity contribution is -0.116. The minimum Gasteiger partial charge on any atom is -0.481 e. The molecule has 1 aliphatic heterocycles.